The Hall–Kier alpha value is -2.36. The lowest BCUT2D eigenvalue weighted by molar-refractivity contribution is -0.131. The molecule has 4 rings (SSSR count). The standard InChI is InChI=1S/C19H21BrF2N6O/c1-10-17-12(18(21)22)6-14(11-4-5-11)24-19(17)28(25-10)9-16(29)26(2)8-15-13(20)7-23-27(15)3/h6-7,11,18H,4-5,8-9H2,1-3H3. The number of rotatable bonds is 6. The Morgan fingerprint density at radius 1 is 1.41 bits per heavy atom. The molecule has 1 aliphatic rings. The smallest absolute Gasteiger partial charge is 0.264 e. The Morgan fingerprint density at radius 2 is 2.14 bits per heavy atom. The minimum absolute atomic E-state index is 0.0553. The van der Waals surface area contributed by atoms with Gasteiger partial charge < -0.3 is 4.90 Å². The lowest BCUT2D eigenvalue weighted by Gasteiger charge is -2.18. The summed E-state index contributed by atoms with van der Waals surface area (Å²) in [6.07, 6.45) is 0.966. The van der Waals surface area contributed by atoms with E-state index in [9.17, 15) is 13.6 Å². The fourth-order valence-electron chi connectivity index (χ4n) is 3.45. The number of aryl methyl sites for hydroxylation is 2. The van der Waals surface area contributed by atoms with Gasteiger partial charge in [0.25, 0.3) is 6.43 Å². The first-order valence-electron chi connectivity index (χ1n) is 9.32. The van der Waals surface area contributed by atoms with Crippen LogP contribution in [0.4, 0.5) is 8.78 Å². The summed E-state index contributed by atoms with van der Waals surface area (Å²) in [5, 5.41) is 8.84. The highest BCUT2D eigenvalue weighted by Crippen LogP contribution is 2.41. The number of pyridine rings is 1. The second kappa shape index (κ2) is 7.47. The average Bonchev–Trinajstić information content (AvgIpc) is 3.42. The summed E-state index contributed by atoms with van der Waals surface area (Å²) in [6, 6.07) is 1.50. The summed E-state index contributed by atoms with van der Waals surface area (Å²) in [5.41, 5.74) is 2.27. The van der Waals surface area contributed by atoms with E-state index in [0.717, 1.165) is 23.0 Å². The molecule has 10 heteroatoms. The number of alkyl halides is 2. The highest BCUT2D eigenvalue weighted by atomic mass is 79.9. The predicted octanol–water partition coefficient (Wildman–Crippen LogP) is 3.71. The second-order valence-electron chi connectivity index (χ2n) is 7.47. The number of carbonyl (C=O) groups is 1. The molecular formula is C19H21BrF2N6O. The molecule has 1 saturated carbocycles. The van der Waals surface area contributed by atoms with Gasteiger partial charge in [0.2, 0.25) is 5.91 Å². The van der Waals surface area contributed by atoms with E-state index >= 15 is 0 Å². The van der Waals surface area contributed by atoms with Crippen LogP contribution < -0.4 is 0 Å². The molecule has 0 spiro atoms. The third-order valence-corrected chi connectivity index (χ3v) is 5.93. The summed E-state index contributed by atoms with van der Waals surface area (Å²) >= 11 is 3.43. The van der Waals surface area contributed by atoms with Crippen LogP contribution in [0.1, 0.15) is 47.8 Å². The van der Waals surface area contributed by atoms with E-state index in [2.05, 4.69) is 31.1 Å². The number of nitrogens with zero attached hydrogens (tertiary/aromatic N) is 6. The molecule has 3 heterocycles. The molecule has 7 nitrogen and oxygen atoms in total. The minimum atomic E-state index is -2.62. The van der Waals surface area contributed by atoms with Gasteiger partial charge in [-0.05, 0) is 41.8 Å². The number of carbonyl (C=O) groups excluding carboxylic acids is 1. The van der Waals surface area contributed by atoms with E-state index in [4.69, 9.17) is 0 Å². The van der Waals surface area contributed by atoms with Crippen LogP contribution in [-0.2, 0) is 24.9 Å². The normalized spacial score (nSPS) is 14.2. The van der Waals surface area contributed by atoms with Crippen molar-refractivity contribution in [2.75, 3.05) is 7.05 Å². The van der Waals surface area contributed by atoms with Gasteiger partial charge in [0.1, 0.15) is 6.54 Å². The molecule has 0 atom stereocenters. The fourth-order valence-corrected chi connectivity index (χ4v) is 3.93. The van der Waals surface area contributed by atoms with Crippen LogP contribution in [0.2, 0.25) is 0 Å². The van der Waals surface area contributed by atoms with Gasteiger partial charge in [0, 0.05) is 31.3 Å². The van der Waals surface area contributed by atoms with Crippen molar-refractivity contribution < 1.29 is 13.6 Å². The van der Waals surface area contributed by atoms with E-state index in [1.807, 2.05) is 0 Å². The molecule has 0 unspecified atom stereocenters. The predicted molar refractivity (Wildman–Crippen MR) is 107 cm³/mol. The van der Waals surface area contributed by atoms with E-state index in [0.29, 0.717) is 29.0 Å². The Bertz CT molecular complexity index is 1070. The van der Waals surface area contributed by atoms with Crippen LogP contribution in [0, 0.1) is 6.92 Å². The molecule has 1 fully saturated rings. The van der Waals surface area contributed by atoms with Crippen molar-refractivity contribution in [2.45, 2.75) is 45.2 Å². The molecule has 1 aliphatic carbocycles. The van der Waals surface area contributed by atoms with Gasteiger partial charge in [-0.2, -0.15) is 10.2 Å². The first-order valence-corrected chi connectivity index (χ1v) is 10.1. The maximum absolute atomic E-state index is 13.7. The number of amides is 1. The molecule has 154 valence electrons. The zero-order chi connectivity index (χ0) is 20.9. The van der Waals surface area contributed by atoms with Crippen molar-refractivity contribution in [1.82, 2.24) is 29.4 Å². The van der Waals surface area contributed by atoms with Crippen molar-refractivity contribution in [3.63, 3.8) is 0 Å². The zero-order valence-corrected chi connectivity index (χ0v) is 17.9. The molecule has 0 saturated heterocycles. The maximum Gasteiger partial charge on any atom is 0.264 e. The summed E-state index contributed by atoms with van der Waals surface area (Å²) in [6.45, 7) is 1.96. The third kappa shape index (κ3) is 3.77. The lowest BCUT2D eigenvalue weighted by Crippen LogP contribution is -2.31. The van der Waals surface area contributed by atoms with Gasteiger partial charge in [-0.15, -0.1) is 0 Å². The van der Waals surface area contributed by atoms with E-state index < -0.39 is 6.43 Å². The number of hydrogen-bond donors (Lipinski definition) is 0. The van der Waals surface area contributed by atoms with Gasteiger partial charge in [0.05, 0.1) is 34.0 Å². The number of halogens is 3. The van der Waals surface area contributed by atoms with E-state index in [1.165, 1.54) is 10.7 Å². The number of aromatic nitrogens is 5. The molecule has 29 heavy (non-hydrogen) atoms. The molecule has 1 amide bonds. The SMILES string of the molecule is Cc1nn(CC(=O)N(C)Cc2c(Br)cnn2C)c2nc(C3CC3)cc(C(F)F)c12. The molecule has 3 aromatic heterocycles. The van der Waals surface area contributed by atoms with Crippen molar-refractivity contribution in [1.29, 1.82) is 0 Å². The van der Waals surface area contributed by atoms with Gasteiger partial charge >= 0.3 is 0 Å². The third-order valence-electron chi connectivity index (χ3n) is 5.27. The van der Waals surface area contributed by atoms with Crippen LogP contribution in [-0.4, -0.2) is 42.4 Å². The molecular weight excluding hydrogens is 446 g/mol. The molecule has 0 bridgehead atoms. The van der Waals surface area contributed by atoms with Crippen molar-refractivity contribution in [3.05, 3.63) is 39.4 Å². The lowest BCUT2D eigenvalue weighted by atomic mass is 10.1. The minimum Gasteiger partial charge on any atom is -0.338 e. The monoisotopic (exact) mass is 466 g/mol. The Kier molecular flexibility index (Phi) is 5.14. The molecule has 0 aromatic carbocycles. The highest BCUT2D eigenvalue weighted by Gasteiger charge is 2.29. The first kappa shape index (κ1) is 19.9. The number of hydrogen-bond acceptors (Lipinski definition) is 4. The van der Waals surface area contributed by atoms with Crippen molar-refractivity contribution in [3.8, 4) is 0 Å². The molecule has 0 aliphatic heterocycles. The van der Waals surface area contributed by atoms with Gasteiger partial charge in [-0.1, -0.05) is 0 Å². The summed E-state index contributed by atoms with van der Waals surface area (Å²) in [5.74, 6) is 0.0286. The quantitative estimate of drug-likeness (QED) is 0.555. The van der Waals surface area contributed by atoms with Crippen LogP contribution in [0.15, 0.2) is 16.7 Å². The van der Waals surface area contributed by atoms with E-state index in [1.54, 1.807) is 36.8 Å². The Morgan fingerprint density at radius 3 is 2.72 bits per heavy atom. The van der Waals surface area contributed by atoms with Gasteiger partial charge in [0.15, 0.2) is 5.65 Å². The molecule has 3 aromatic rings. The molecule has 0 radical (unpaired) electrons. The van der Waals surface area contributed by atoms with Crippen LogP contribution in [0.3, 0.4) is 0 Å². The number of likely N-dealkylation sites (N-methyl/N-ethyl adjacent to an activating group) is 1. The van der Waals surface area contributed by atoms with E-state index in [-0.39, 0.29) is 23.9 Å². The Balaban J connectivity index is 1.64. The van der Waals surface area contributed by atoms with Crippen LogP contribution in [0.5, 0.6) is 0 Å². The summed E-state index contributed by atoms with van der Waals surface area (Å²) in [7, 11) is 3.49. The summed E-state index contributed by atoms with van der Waals surface area (Å²) in [4.78, 5) is 19.0. The second-order valence-corrected chi connectivity index (χ2v) is 8.32. The van der Waals surface area contributed by atoms with Crippen LogP contribution in [0.25, 0.3) is 11.0 Å². The fraction of sp³-hybridized carbons (Fsp3) is 0.474. The zero-order valence-electron chi connectivity index (χ0n) is 16.4. The summed E-state index contributed by atoms with van der Waals surface area (Å²) < 4.78 is 31.3. The van der Waals surface area contributed by atoms with Gasteiger partial charge in [-0.25, -0.2) is 18.4 Å². The van der Waals surface area contributed by atoms with Crippen LogP contribution >= 0.6 is 15.9 Å². The highest BCUT2D eigenvalue weighted by molar-refractivity contribution is 9.10. The first-order chi connectivity index (χ1) is 13.8. The number of fused-ring (bicyclic) bond motifs is 1. The average molecular weight is 467 g/mol. The topological polar surface area (TPSA) is 68.8 Å². The maximum atomic E-state index is 13.7. The van der Waals surface area contributed by atoms with Gasteiger partial charge in [-0.3, -0.25) is 9.48 Å². The Labute approximate surface area is 174 Å². The largest absolute Gasteiger partial charge is 0.338 e. The molecule has 0 N–H and O–H groups in total. The van der Waals surface area contributed by atoms with Crippen molar-refractivity contribution in [2.24, 2.45) is 7.05 Å². The van der Waals surface area contributed by atoms with Crippen molar-refractivity contribution >= 4 is 32.9 Å².